The molecule has 2 aromatic rings. The van der Waals surface area contributed by atoms with Crippen molar-refractivity contribution < 1.29 is 9.90 Å². The normalized spacial score (nSPS) is 10.5. The zero-order chi connectivity index (χ0) is 10.8. The van der Waals surface area contributed by atoms with Gasteiger partial charge in [0.1, 0.15) is 5.56 Å². The lowest BCUT2D eigenvalue weighted by atomic mass is 10.3. The van der Waals surface area contributed by atoms with Crippen LogP contribution in [0.25, 0.3) is 0 Å². The molecule has 7 heteroatoms. The lowest BCUT2D eigenvalue weighted by molar-refractivity contribution is 0.0696. The highest BCUT2D eigenvalue weighted by Crippen LogP contribution is 2.09. The predicted molar refractivity (Wildman–Crippen MR) is 52.9 cm³/mol. The van der Waals surface area contributed by atoms with E-state index in [0.717, 1.165) is 17.4 Å². The van der Waals surface area contributed by atoms with Crippen LogP contribution in [-0.2, 0) is 6.54 Å². The van der Waals surface area contributed by atoms with E-state index in [-0.39, 0.29) is 5.56 Å². The van der Waals surface area contributed by atoms with Crippen LogP contribution in [0.4, 0.5) is 0 Å². The summed E-state index contributed by atoms with van der Waals surface area (Å²) in [5.41, 5.74) is 1.62. The second kappa shape index (κ2) is 3.77. The number of hydrogen-bond donors (Lipinski definition) is 1. The van der Waals surface area contributed by atoms with E-state index in [1.54, 1.807) is 17.8 Å². The number of hydrogen-bond acceptors (Lipinski definition) is 5. The van der Waals surface area contributed by atoms with Gasteiger partial charge < -0.3 is 5.11 Å². The van der Waals surface area contributed by atoms with Gasteiger partial charge in [-0.25, -0.2) is 4.79 Å². The lowest BCUT2D eigenvalue weighted by Crippen LogP contribution is -2.05. The Balaban J connectivity index is 2.27. The molecule has 2 aromatic heterocycles. The Morgan fingerprint density at radius 1 is 1.60 bits per heavy atom. The van der Waals surface area contributed by atoms with Crippen LogP contribution in [0.1, 0.15) is 21.7 Å². The Hall–Kier alpha value is -1.76. The maximum absolute atomic E-state index is 10.8. The molecule has 1 N–H and O–H groups in total. The summed E-state index contributed by atoms with van der Waals surface area (Å²) in [6.45, 7) is 2.17. The van der Waals surface area contributed by atoms with Crippen molar-refractivity contribution in [3.05, 3.63) is 29.3 Å². The van der Waals surface area contributed by atoms with E-state index in [0.29, 0.717) is 12.2 Å². The minimum atomic E-state index is -0.963. The van der Waals surface area contributed by atoms with Crippen LogP contribution >= 0.6 is 11.7 Å². The molecular formula is C8H8N4O2S. The first-order chi connectivity index (χ1) is 7.18. The number of carboxylic acids is 1. The zero-order valence-electron chi connectivity index (χ0n) is 7.91. The Bertz CT molecular complexity index is 477. The van der Waals surface area contributed by atoms with Crippen molar-refractivity contribution in [2.75, 3.05) is 0 Å². The molecule has 0 amide bonds. The Kier molecular flexibility index (Phi) is 2.46. The molecule has 0 bridgehead atoms. The summed E-state index contributed by atoms with van der Waals surface area (Å²) < 4.78 is 9.49. The number of nitrogens with zero attached hydrogens (tertiary/aromatic N) is 4. The molecule has 0 radical (unpaired) electrons. The van der Waals surface area contributed by atoms with Gasteiger partial charge in [0.2, 0.25) is 0 Å². The highest BCUT2D eigenvalue weighted by atomic mass is 32.1. The number of carbonyl (C=O) groups is 1. The van der Waals surface area contributed by atoms with Crippen LogP contribution in [0.3, 0.4) is 0 Å². The molecule has 0 aliphatic heterocycles. The van der Waals surface area contributed by atoms with Gasteiger partial charge in [-0.1, -0.05) is 0 Å². The maximum atomic E-state index is 10.8. The van der Waals surface area contributed by atoms with Gasteiger partial charge in [-0.15, -0.1) is 0 Å². The van der Waals surface area contributed by atoms with Gasteiger partial charge in [0, 0.05) is 0 Å². The molecule has 2 rings (SSSR count). The van der Waals surface area contributed by atoms with Crippen LogP contribution in [0.15, 0.2) is 12.4 Å². The van der Waals surface area contributed by atoms with Crippen LogP contribution in [0, 0.1) is 6.92 Å². The molecule has 0 aliphatic carbocycles. The van der Waals surface area contributed by atoms with E-state index in [1.807, 2.05) is 0 Å². The summed E-state index contributed by atoms with van der Waals surface area (Å²) in [7, 11) is 0. The van der Waals surface area contributed by atoms with Crippen molar-refractivity contribution in [2.45, 2.75) is 13.5 Å². The Morgan fingerprint density at radius 3 is 2.93 bits per heavy atom. The molecule has 2 heterocycles. The molecule has 0 aliphatic rings. The fourth-order valence-electron chi connectivity index (χ4n) is 1.22. The molecule has 0 saturated carbocycles. The molecular weight excluding hydrogens is 216 g/mol. The monoisotopic (exact) mass is 224 g/mol. The average Bonchev–Trinajstić information content (AvgIpc) is 2.78. The van der Waals surface area contributed by atoms with Gasteiger partial charge in [0.25, 0.3) is 0 Å². The topological polar surface area (TPSA) is 80.9 Å². The van der Waals surface area contributed by atoms with Crippen molar-refractivity contribution in [1.82, 2.24) is 18.5 Å². The van der Waals surface area contributed by atoms with Gasteiger partial charge in [-0.2, -0.15) is 13.8 Å². The second-order valence-electron chi connectivity index (χ2n) is 3.01. The second-order valence-corrected chi connectivity index (χ2v) is 3.56. The number of rotatable bonds is 3. The van der Waals surface area contributed by atoms with E-state index < -0.39 is 5.97 Å². The van der Waals surface area contributed by atoms with Crippen molar-refractivity contribution in [3.8, 4) is 0 Å². The maximum Gasteiger partial charge on any atom is 0.339 e. The first kappa shape index (κ1) is 9.78. The van der Waals surface area contributed by atoms with Crippen molar-refractivity contribution in [3.63, 3.8) is 0 Å². The standard InChI is InChI=1S/C8H8N4O2S/c1-5-7(8(13)14)3-9-12(5)4-6-2-10-15-11-6/h2-3H,4H2,1H3,(H,13,14). The first-order valence-corrected chi connectivity index (χ1v) is 4.93. The Labute approximate surface area is 89.5 Å². The van der Waals surface area contributed by atoms with Gasteiger partial charge in [0.15, 0.2) is 0 Å². The quantitative estimate of drug-likeness (QED) is 0.833. The smallest absolute Gasteiger partial charge is 0.339 e. The Morgan fingerprint density at radius 2 is 2.40 bits per heavy atom. The largest absolute Gasteiger partial charge is 0.478 e. The predicted octanol–water partition coefficient (Wildman–Crippen LogP) is 0.790. The van der Waals surface area contributed by atoms with Crippen LogP contribution in [0.2, 0.25) is 0 Å². The van der Waals surface area contributed by atoms with E-state index in [2.05, 4.69) is 13.8 Å². The van der Waals surface area contributed by atoms with Crippen molar-refractivity contribution in [2.24, 2.45) is 0 Å². The highest BCUT2D eigenvalue weighted by Gasteiger charge is 2.13. The minimum absolute atomic E-state index is 0.221. The molecule has 0 unspecified atom stereocenters. The molecule has 15 heavy (non-hydrogen) atoms. The van der Waals surface area contributed by atoms with E-state index in [4.69, 9.17) is 5.11 Å². The number of carboxylic acid groups (broad SMARTS) is 1. The van der Waals surface area contributed by atoms with Crippen LogP contribution in [0.5, 0.6) is 0 Å². The van der Waals surface area contributed by atoms with Gasteiger partial charge in [0.05, 0.1) is 42.1 Å². The van der Waals surface area contributed by atoms with Crippen molar-refractivity contribution >= 4 is 17.7 Å². The summed E-state index contributed by atoms with van der Waals surface area (Å²) in [5.74, 6) is -0.963. The summed E-state index contributed by atoms with van der Waals surface area (Å²) in [6, 6.07) is 0. The first-order valence-electron chi connectivity index (χ1n) is 4.20. The fraction of sp³-hybridized carbons (Fsp3) is 0.250. The molecule has 6 nitrogen and oxygen atoms in total. The van der Waals surface area contributed by atoms with Crippen LogP contribution in [-0.4, -0.2) is 29.6 Å². The summed E-state index contributed by atoms with van der Waals surface area (Å²) in [4.78, 5) is 10.8. The van der Waals surface area contributed by atoms with Gasteiger partial charge in [-0.3, -0.25) is 4.68 Å². The number of aromatic nitrogens is 4. The third-order valence-corrected chi connectivity index (χ3v) is 2.57. The van der Waals surface area contributed by atoms with Crippen molar-refractivity contribution in [1.29, 1.82) is 0 Å². The summed E-state index contributed by atoms with van der Waals surface area (Å²) in [6.07, 6.45) is 2.99. The van der Waals surface area contributed by atoms with E-state index >= 15 is 0 Å². The minimum Gasteiger partial charge on any atom is -0.478 e. The molecule has 78 valence electrons. The third kappa shape index (κ3) is 1.86. The highest BCUT2D eigenvalue weighted by molar-refractivity contribution is 6.99. The van der Waals surface area contributed by atoms with Crippen LogP contribution < -0.4 is 0 Å². The molecule has 0 saturated heterocycles. The van der Waals surface area contributed by atoms with E-state index in [1.165, 1.54) is 6.20 Å². The summed E-state index contributed by atoms with van der Waals surface area (Å²) in [5, 5.41) is 12.8. The van der Waals surface area contributed by atoms with Gasteiger partial charge in [-0.05, 0) is 6.92 Å². The van der Waals surface area contributed by atoms with E-state index in [9.17, 15) is 4.79 Å². The fourth-order valence-corrected chi connectivity index (χ4v) is 1.65. The molecule has 0 fully saturated rings. The molecule has 0 atom stereocenters. The third-order valence-electron chi connectivity index (χ3n) is 2.05. The molecule has 0 aromatic carbocycles. The number of aromatic carboxylic acids is 1. The molecule has 0 spiro atoms. The zero-order valence-corrected chi connectivity index (χ0v) is 8.73. The summed E-state index contributed by atoms with van der Waals surface area (Å²) >= 11 is 1.12. The SMILES string of the molecule is Cc1c(C(=O)O)cnn1Cc1cnsn1. The van der Waals surface area contributed by atoms with Gasteiger partial charge >= 0.3 is 5.97 Å². The average molecular weight is 224 g/mol. The lowest BCUT2D eigenvalue weighted by Gasteiger charge is -2.00.